The maximum absolute atomic E-state index is 11.7. The first-order chi connectivity index (χ1) is 7.36. The van der Waals surface area contributed by atoms with E-state index in [1.54, 1.807) is 39.1 Å². The highest BCUT2D eigenvalue weighted by molar-refractivity contribution is 5.91. The quantitative estimate of drug-likeness (QED) is 0.782. The Morgan fingerprint density at radius 2 is 2.12 bits per heavy atom. The van der Waals surface area contributed by atoms with E-state index in [1.807, 2.05) is 0 Å². The topological polar surface area (TPSA) is 62.7 Å². The normalized spacial score (nSPS) is 28.0. The number of anilines is 1. The lowest BCUT2D eigenvalue weighted by Crippen LogP contribution is -2.53. The van der Waals surface area contributed by atoms with Crippen molar-refractivity contribution in [3.63, 3.8) is 0 Å². The fourth-order valence-corrected chi connectivity index (χ4v) is 1.65. The van der Waals surface area contributed by atoms with E-state index in [1.165, 1.54) is 11.1 Å². The number of aliphatic hydroxyl groups is 1. The van der Waals surface area contributed by atoms with Crippen LogP contribution < -0.4 is 4.90 Å². The highest BCUT2D eigenvalue weighted by atomic mass is 16.6. The minimum Gasteiger partial charge on any atom is -0.438 e. The molecule has 0 aliphatic carbocycles. The summed E-state index contributed by atoms with van der Waals surface area (Å²) in [5.41, 5.74) is -1.84. The zero-order valence-electron chi connectivity index (χ0n) is 9.47. The van der Waals surface area contributed by atoms with Crippen LogP contribution in [0.3, 0.4) is 0 Å². The molecule has 2 heterocycles. The number of amides is 1. The summed E-state index contributed by atoms with van der Waals surface area (Å²) in [5.74, 6) is 0. The first kappa shape index (κ1) is 10.9. The fourth-order valence-electron chi connectivity index (χ4n) is 1.65. The van der Waals surface area contributed by atoms with Gasteiger partial charge in [0.25, 0.3) is 0 Å². The number of pyridine rings is 1. The van der Waals surface area contributed by atoms with Crippen LogP contribution in [-0.4, -0.2) is 27.5 Å². The third-order valence-electron chi connectivity index (χ3n) is 3.01. The summed E-state index contributed by atoms with van der Waals surface area (Å²) >= 11 is 0. The van der Waals surface area contributed by atoms with Gasteiger partial charge in [-0.3, -0.25) is 4.98 Å². The number of ether oxygens (including phenoxy) is 1. The van der Waals surface area contributed by atoms with E-state index >= 15 is 0 Å². The minimum absolute atomic E-state index is 0.517. The zero-order valence-corrected chi connectivity index (χ0v) is 9.47. The van der Waals surface area contributed by atoms with Crippen LogP contribution in [0.15, 0.2) is 24.5 Å². The van der Waals surface area contributed by atoms with Gasteiger partial charge in [-0.25, -0.2) is 9.69 Å². The molecule has 0 unspecified atom stereocenters. The van der Waals surface area contributed by atoms with Crippen LogP contribution in [0.5, 0.6) is 0 Å². The van der Waals surface area contributed by atoms with Crippen molar-refractivity contribution < 1.29 is 14.6 Å². The molecule has 16 heavy (non-hydrogen) atoms. The number of aromatic nitrogens is 1. The highest BCUT2D eigenvalue weighted by Gasteiger charge is 2.57. The Hall–Kier alpha value is -1.62. The lowest BCUT2D eigenvalue weighted by Gasteiger charge is -2.34. The van der Waals surface area contributed by atoms with Crippen molar-refractivity contribution in [2.75, 3.05) is 4.90 Å². The van der Waals surface area contributed by atoms with Gasteiger partial charge in [-0.2, -0.15) is 0 Å². The molecule has 0 radical (unpaired) electrons. The number of carbonyl (C=O) groups is 1. The maximum atomic E-state index is 11.7. The Morgan fingerprint density at radius 3 is 2.56 bits per heavy atom. The van der Waals surface area contributed by atoms with Crippen LogP contribution in [0, 0.1) is 0 Å². The summed E-state index contributed by atoms with van der Waals surface area (Å²) in [5, 5.41) is 10.4. The number of carbonyl (C=O) groups excluding carboxylic acids is 1. The van der Waals surface area contributed by atoms with Gasteiger partial charge in [0.05, 0.1) is 11.9 Å². The molecular weight excluding hydrogens is 208 g/mol. The molecule has 0 spiro atoms. The van der Waals surface area contributed by atoms with Crippen molar-refractivity contribution in [2.45, 2.75) is 32.1 Å². The molecule has 1 aliphatic rings. The number of rotatable bonds is 1. The second kappa shape index (κ2) is 3.18. The van der Waals surface area contributed by atoms with E-state index in [4.69, 9.17) is 4.74 Å². The van der Waals surface area contributed by atoms with Gasteiger partial charge in [0.15, 0.2) is 11.3 Å². The Labute approximate surface area is 93.7 Å². The molecule has 1 fully saturated rings. The molecule has 1 atom stereocenters. The van der Waals surface area contributed by atoms with Crippen LogP contribution >= 0.6 is 0 Å². The number of nitrogens with zero attached hydrogens (tertiary/aromatic N) is 2. The van der Waals surface area contributed by atoms with Crippen LogP contribution in [0.25, 0.3) is 0 Å². The van der Waals surface area contributed by atoms with Gasteiger partial charge in [-0.1, -0.05) is 0 Å². The van der Waals surface area contributed by atoms with E-state index in [0.29, 0.717) is 5.69 Å². The van der Waals surface area contributed by atoms with Gasteiger partial charge in [0.1, 0.15) is 0 Å². The van der Waals surface area contributed by atoms with Crippen LogP contribution in [-0.2, 0) is 4.74 Å². The Morgan fingerprint density at radius 1 is 1.44 bits per heavy atom. The molecular formula is C11H14N2O3. The molecule has 1 N–H and O–H groups in total. The molecule has 0 bridgehead atoms. The van der Waals surface area contributed by atoms with Crippen LogP contribution in [0.2, 0.25) is 0 Å². The average molecular weight is 222 g/mol. The van der Waals surface area contributed by atoms with E-state index in [9.17, 15) is 9.90 Å². The zero-order chi connectivity index (χ0) is 12.0. The van der Waals surface area contributed by atoms with Gasteiger partial charge in [0, 0.05) is 6.20 Å². The van der Waals surface area contributed by atoms with Crippen molar-refractivity contribution in [2.24, 2.45) is 0 Å². The Bertz CT molecular complexity index is 414. The van der Waals surface area contributed by atoms with E-state index in [2.05, 4.69) is 4.98 Å². The molecule has 5 heteroatoms. The van der Waals surface area contributed by atoms with Gasteiger partial charge >= 0.3 is 6.09 Å². The SMILES string of the molecule is CC1(C)OC(=O)N(c2cccnc2)[C@]1(C)O. The standard InChI is InChI=1S/C11H14N2O3/c1-10(2)11(3,15)13(9(14)16-10)8-5-4-6-12-7-8/h4-7,15H,1-3H3/t11-/m1/s1. The lowest BCUT2D eigenvalue weighted by molar-refractivity contribution is -0.0723. The average Bonchev–Trinajstić information content (AvgIpc) is 2.33. The largest absolute Gasteiger partial charge is 0.438 e. The fraction of sp³-hybridized carbons (Fsp3) is 0.455. The smallest absolute Gasteiger partial charge is 0.417 e. The third kappa shape index (κ3) is 1.36. The molecule has 1 aromatic heterocycles. The van der Waals surface area contributed by atoms with Crippen molar-refractivity contribution in [1.29, 1.82) is 0 Å². The molecule has 0 aromatic carbocycles. The van der Waals surface area contributed by atoms with Crippen LogP contribution in [0.4, 0.5) is 10.5 Å². The molecule has 2 rings (SSSR count). The van der Waals surface area contributed by atoms with Crippen LogP contribution in [0.1, 0.15) is 20.8 Å². The number of hydrogen-bond acceptors (Lipinski definition) is 4. The maximum Gasteiger partial charge on any atom is 0.417 e. The Kier molecular flexibility index (Phi) is 2.17. The van der Waals surface area contributed by atoms with Crippen molar-refractivity contribution in [3.05, 3.63) is 24.5 Å². The summed E-state index contributed by atoms with van der Waals surface area (Å²) in [7, 11) is 0. The predicted molar refractivity (Wildman–Crippen MR) is 57.9 cm³/mol. The monoisotopic (exact) mass is 222 g/mol. The summed E-state index contributed by atoms with van der Waals surface area (Å²) in [6, 6.07) is 3.40. The Balaban J connectivity index is 2.47. The predicted octanol–water partition coefficient (Wildman–Crippen LogP) is 1.53. The number of hydrogen-bond donors (Lipinski definition) is 1. The second-order valence-electron chi connectivity index (χ2n) is 4.45. The van der Waals surface area contributed by atoms with E-state index in [0.717, 1.165) is 0 Å². The third-order valence-corrected chi connectivity index (χ3v) is 3.01. The summed E-state index contributed by atoms with van der Waals surface area (Å²) in [6.07, 6.45) is 2.55. The first-order valence-corrected chi connectivity index (χ1v) is 5.02. The van der Waals surface area contributed by atoms with E-state index in [-0.39, 0.29) is 0 Å². The number of cyclic esters (lactones) is 1. The van der Waals surface area contributed by atoms with Gasteiger partial charge < -0.3 is 9.84 Å². The highest BCUT2D eigenvalue weighted by Crippen LogP contribution is 2.39. The minimum atomic E-state index is -1.40. The molecule has 1 aliphatic heterocycles. The summed E-state index contributed by atoms with van der Waals surface area (Å²) in [6.45, 7) is 4.88. The first-order valence-electron chi connectivity index (χ1n) is 5.02. The molecule has 86 valence electrons. The van der Waals surface area contributed by atoms with E-state index < -0.39 is 17.4 Å². The van der Waals surface area contributed by atoms with Gasteiger partial charge in [0.2, 0.25) is 0 Å². The molecule has 5 nitrogen and oxygen atoms in total. The summed E-state index contributed by atoms with van der Waals surface area (Å²) in [4.78, 5) is 16.8. The molecule has 1 aromatic rings. The van der Waals surface area contributed by atoms with Crippen molar-refractivity contribution in [1.82, 2.24) is 4.98 Å². The van der Waals surface area contributed by atoms with Crippen molar-refractivity contribution >= 4 is 11.8 Å². The molecule has 0 saturated carbocycles. The lowest BCUT2D eigenvalue weighted by atomic mass is 9.96. The van der Waals surface area contributed by atoms with Gasteiger partial charge in [-0.05, 0) is 32.9 Å². The second-order valence-corrected chi connectivity index (χ2v) is 4.45. The summed E-state index contributed by atoms with van der Waals surface area (Å²) < 4.78 is 5.14. The molecule has 1 amide bonds. The molecule has 1 saturated heterocycles. The van der Waals surface area contributed by atoms with Gasteiger partial charge in [-0.15, -0.1) is 0 Å². The van der Waals surface area contributed by atoms with Crippen molar-refractivity contribution in [3.8, 4) is 0 Å².